The highest BCUT2D eigenvalue weighted by Gasteiger charge is 2.30. The van der Waals surface area contributed by atoms with Gasteiger partial charge in [0.05, 0.1) is 0 Å². The Balaban J connectivity index is 2.20. The van der Waals surface area contributed by atoms with Gasteiger partial charge in [0.2, 0.25) is 0 Å². The Morgan fingerprint density at radius 1 is 1.29 bits per heavy atom. The topological polar surface area (TPSA) is 66.6 Å². The molecule has 1 unspecified atom stereocenters. The fraction of sp³-hybridized carbons (Fsp3) is 0.167. The molecule has 3 aromatic rings. The van der Waals surface area contributed by atoms with Crippen LogP contribution in [0.2, 0.25) is 0 Å². The molecule has 0 fully saturated rings. The van der Waals surface area contributed by atoms with Crippen LogP contribution in [-0.2, 0) is 4.74 Å². The lowest BCUT2D eigenvalue weighted by Crippen LogP contribution is -2.08. The molecule has 1 atom stereocenters. The van der Waals surface area contributed by atoms with E-state index in [4.69, 9.17) is 4.74 Å². The van der Waals surface area contributed by atoms with E-state index in [1.807, 2.05) is 24.7 Å². The third-order valence-electron chi connectivity index (χ3n) is 3.33. The number of rotatable bonds is 1. The number of hydrogen-bond donors (Lipinski definition) is 2. The summed E-state index contributed by atoms with van der Waals surface area (Å²) in [7, 11) is 1.70. The maximum Gasteiger partial charge on any atom is 0.138 e. The normalized spacial score (nSPS) is 17.4. The number of pyridine rings is 1. The van der Waals surface area contributed by atoms with Crippen LogP contribution in [0.1, 0.15) is 17.4 Å². The van der Waals surface area contributed by atoms with Gasteiger partial charge in [0.15, 0.2) is 0 Å². The minimum atomic E-state index is -0.123. The number of aromatic nitrogens is 4. The number of nitrogens with one attached hydrogen (secondary N) is 2. The quantitative estimate of drug-likeness (QED) is 0.667. The van der Waals surface area contributed by atoms with E-state index in [2.05, 4.69) is 20.2 Å². The molecule has 0 spiro atoms. The van der Waals surface area contributed by atoms with Crippen molar-refractivity contribution in [3.8, 4) is 11.1 Å². The summed E-state index contributed by atoms with van der Waals surface area (Å²) in [6.07, 6.45) is 5.54. The maximum atomic E-state index is 5.55. The fourth-order valence-electron chi connectivity index (χ4n) is 2.61. The zero-order valence-corrected chi connectivity index (χ0v) is 9.19. The zero-order valence-electron chi connectivity index (χ0n) is 9.19. The molecule has 0 amide bonds. The number of methoxy groups -OCH3 is 1. The molecule has 4 rings (SSSR count). The average Bonchev–Trinajstić information content (AvgIpc) is 2.98. The molecular weight excluding hydrogens is 216 g/mol. The summed E-state index contributed by atoms with van der Waals surface area (Å²) in [5.74, 6) is 0. The van der Waals surface area contributed by atoms with Crippen molar-refractivity contribution in [2.45, 2.75) is 6.10 Å². The van der Waals surface area contributed by atoms with Gasteiger partial charge in [-0.2, -0.15) is 5.10 Å². The first-order valence-corrected chi connectivity index (χ1v) is 5.43. The molecule has 0 radical (unpaired) electrons. The second kappa shape index (κ2) is 2.95. The summed E-state index contributed by atoms with van der Waals surface area (Å²) in [5.41, 5.74) is 5.18. The third kappa shape index (κ3) is 0.969. The van der Waals surface area contributed by atoms with Crippen molar-refractivity contribution in [1.29, 1.82) is 0 Å². The van der Waals surface area contributed by atoms with Gasteiger partial charge in [-0.1, -0.05) is 0 Å². The van der Waals surface area contributed by atoms with E-state index in [0.717, 1.165) is 33.4 Å². The van der Waals surface area contributed by atoms with Gasteiger partial charge in [-0.05, 0) is 11.6 Å². The van der Waals surface area contributed by atoms with Gasteiger partial charge in [-0.25, -0.2) is 4.98 Å². The van der Waals surface area contributed by atoms with Crippen LogP contribution in [0.25, 0.3) is 22.2 Å². The molecule has 0 aromatic carbocycles. The summed E-state index contributed by atoms with van der Waals surface area (Å²) < 4.78 is 5.55. The van der Waals surface area contributed by atoms with E-state index < -0.39 is 0 Å². The number of fused-ring (bicyclic) bond motifs is 2. The molecule has 1 aliphatic rings. The zero-order chi connectivity index (χ0) is 11.4. The minimum Gasteiger partial charge on any atom is -0.370 e. The van der Waals surface area contributed by atoms with Gasteiger partial charge in [-0.15, -0.1) is 0 Å². The Morgan fingerprint density at radius 2 is 2.24 bits per heavy atom. The number of ether oxygens (including phenoxy) is 1. The molecule has 17 heavy (non-hydrogen) atoms. The monoisotopic (exact) mass is 226 g/mol. The lowest BCUT2D eigenvalue weighted by Gasteiger charge is -2.20. The molecule has 0 aliphatic heterocycles. The van der Waals surface area contributed by atoms with Gasteiger partial charge in [0, 0.05) is 42.2 Å². The molecule has 5 heteroatoms. The van der Waals surface area contributed by atoms with E-state index >= 15 is 0 Å². The SMILES string of the molecule is COC1c2n[nH]cc2-c2ccnc3[nH]cc1c23. The average molecular weight is 226 g/mol. The van der Waals surface area contributed by atoms with Gasteiger partial charge < -0.3 is 9.72 Å². The minimum absolute atomic E-state index is 0.123. The number of aromatic amines is 2. The predicted molar refractivity (Wildman–Crippen MR) is 62.5 cm³/mol. The summed E-state index contributed by atoms with van der Waals surface area (Å²) in [6, 6.07) is 2.01. The van der Waals surface area contributed by atoms with Crippen LogP contribution < -0.4 is 0 Å². The lowest BCUT2D eigenvalue weighted by atomic mass is 9.90. The molecule has 3 aromatic heterocycles. The molecule has 2 N–H and O–H groups in total. The van der Waals surface area contributed by atoms with Gasteiger partial charge >= 0.3 is 0 Å². The highest BCUT2D eigenvalue weighted by atomic mass is 16.5. The van der Waals surface area contributed by atoms with Crippen molar-refractivity contribution in [1.82, 2.24) is 20.2 Å². The summed E-state index contributed by atoms with van der Waals surface area (Å²) >= 11 is 0. The Bertz CT molecular complexity index is 712. The van der Waals surface area contributed by atoms with Crippen LogP contribution in [-0.4, -0.2) is 27.3 Å². The first kappa shape index (κ1) is 8.95. The Morgan fingerprint density at radius 3 is 3.12 bits per heavy atom. The van der Waals surface area contributed by atoms with Crippen molar-refractivity contribution >= 4 is 11.0 Å². The van der Waals surface area contributed by atoms with Gasteiger partial charge in [0.25, 0.3) is 0 Å². The van der Waals surface area contributed by atoms with E-state index in [0.29, 0.717) is 0 Å². The van der Waals surface area contributed by atoms with Crippen LogP contribution in [0.5, 0.6) is 0 Å². The smallest absolute Gasteiger partial charge is 0.138 e. The van der Waals surface area contributed by atoms with Crippen LogP contribution in [0.3, 0.4) is 0 Å². The third-order valence-corrected chi connectivity index (χ3v) is 3.33. The van der Waals surface area contributed by atoms with Crippen molar-refractivity contribution in [3.63, 3.8) is 0 Å². The van der Waals surface area contributed by atoms with E-state index in [1.165, 1.54) is 0 Å². The van der Waals surface area contributed by atoms with E-state index in [1.54, 1.807) is 7.11 Å². The second-order valence-corrected chi connectivity index (χ2v) is 4.13. The molecule has 0 saturated carbocycles. The maximum absolute atomic E-state index is 5.55. The highest BCUT2D eigenvalue weighted by molar-refractivity contribution is 5.98. The van der Waals surface area contributed by atoms with Crippen LogP contribution >= 0.6 is 0 Å². The Kier molecular flexibility index (Phi) is 1.55. The molecule has 3 heterocycles. The number of nitrogens with zero attached hydrogens (tertiary/aromatic N) is 2. The highest BCUT2D eigenvalue weighted by Crippen LogP contribution is 2.43. The van der Waals surface area contributed by atoms with E-state index in [-0.39, 0.29) is 6.10 Å². The van der Waals surface area contributed by atoms with Crippen molar-refractivity contribution < 1.29 is 4.74 Å². The first-order chi connectivity index (χ1) is 8.40. The van der Waals surface area contributed by atoms with Gasteiger partial charge in [0.1, 0.15) is 17.4 Å². The Labute approximate surface area is 96.8 Å². The molecular formula is C12H10N4O. The fourth-order valence-corrected chi connectivity index (χ4v) is 2.61. The molecule has 0 bridgehead atoms. The summed E-state index contributed by atoms with van der Waals surface area (Å²) in [6.45, 7) is 0. The van der Waals surface area contributed by atoms with E-state index in [9.17, 15) is 0 Å². The summed E-state index contributed by atoms with van der Waals surface area (Å²) in [5, 5.41) is 8.33. The van der Waals surface area contributed by atoms with Crippen LogP contribution in [0.15, 0.2) is 24.7 Å². The summed E-state index contributed by atoms with van der Waals surface area (Å²) in [4.78, 5) is 7.51. The number of hydrogen-bond acceptors (Lipinski definition) is 3. The van der Waals surface area contributed by atoms with Crippen molar-refractivity contribution in [3.05, 3.63) is 35.9 Å². The standard InChI is InChI=1S/C12H10N4O/c1-17-11-8-4-14-12-9(8)6(2-3-13-12)7-5-15-16-10(7)11/h2-5,11H,1H3,(H,13,14)(H,15,16). The van der Waals surface area contributed by atoms with Crippen molar-refractivity contribution in [2.24, 2.45) is 0 Å². The largest absolute Gasteiger partial charge is 0.370 e. The van der Waals surface area contributed by atoms with Crippen LogP contribution in [0, 0.1) is 0 Å². The number of H-pyrrole nitrogens is 2. The molecule has 0 saturated heterocycles. The first-order valence-electron chi connectivity index (χ1n) is 5.43. The van der Waals surface area contributed by atoms with Crippen molar-refractivity contribution in [2.75, 3.05) is 7.11 Å². The Hall–Kier alpha value is -2.14. The molecule has 1 aliphatic carbocycles. The lowest BCUT2D eigenvalue weighted by molar-refractivity contribution is 0.134. The predicted octanol–water partition coefficient (Wildman–Crippen LogP) is 2.00. The molecule has 84 valence electrons. The molecule has 5 nitrogen and oxygen atoms in total. The second-order valence-electron chi connectivity index (χ2n) is 4.13. The van der Waals surface area contributed by atoms with Crippen LogP contribution in [0.4, 0.5) is 0 Å². The van der Waals surface area contributed by atoms with Gasteiger partial charge in [-0.3, -0.25) is 5.10 Å².